The SMILES string of the molecule is Fc1cccc(Cl)c1CO/N=C\c1cc2ccccc2nc1SCc1ccc(Cl)cc1. The van der Waals surface area contributed by atoms with Gasteiger partial charge in [-0.1, -0.05) is 64.8 Å². The topological polar surface area (TPSA) is 34.5 Å². The zero-order valence-electron chi connectivity index (χ0n) is 16.3. The monoisotopic (exact) mass is 470 g/mol. The molecule has 0 bridgehead atoms. The van der Waals surface area contributed by atoms with Crippen molar-refractivity contribution in [3.8, 4) is 0 Å². The third-order valence-electron chi connectivity index (χ3n) is 4.54. The van der Waals surface area contributed by atoms with Gasteiger partial charge >= 0.3 is 0 Å². The number of thioether (sulfide) groups is 1. The van der Waals surface area contributed by atoms with E-state index in [4.69, 9.17) is 33.0 Å². The highest BCUT2D eigenvalue weighted by atomic mass is 35.5. The van der Waals surface area contributed by atoms with Crippen molar-refractivity contribution in [3.63, 3.8) is 0 Å². The number of nitrogens with zero attached hydrogens (tertiary/aromatic N) is 2. The Bertz CT molecular complexity index is 1210. The molecule has 1 heterocycles. The predicted molar refractivity (Wildman–Crippen MR) is 127 cm³/mol. The maximum Gasteiger partial charge on any atom is 0.146 e. The smallest absolute Gasteiger partial charge is 0.146 e. The largest absolute Gasteiger partial charge is 0.391 e. The van der Waals surface area contributed by atoms with E-state index in [1.54, 1.807) is 30.1 Å². The van der Waals surface area contributed by atoms with Gasteiger partial charge in [-0.25, -0.2) is 9.37 Å². The number of fused-ring (bicyclic) bond motifs is 1. The van der Waals surface area contributed by atoms with Crippen molar-refractivity contribution in [1.82, 2.24) is 4.98 Å². The normalized spacial score (nSPS) is 11.3. The summed E-state index contributed by atoms with van der Waals surface area (Å²) in [5.41, 5.74) is 3.13. The molecule has 7 heteroatoms. The number of para-hydroxylation sites is 1. The molecule has 0 radical (unpaired) electrons. The molecule has 0 aliphatic carbocycles. The van der Waals surface area contributed by atoms with E-state index >= 15 is 0 Å². The lowest BCUT2D eigenvalue weighted by Crippen LogP contribution is -1.96. The lowest BCUT2D eigenvalue weighted by atomic mass is 10.2. The van der Waals surface area contributed by atoms with E-state index in [-0.39, 0.29) is 12.2 Å². The van der Waals surface area contributed by atoms with Gasteiger partial charge < -0.3 is 4.84 Å². The molecule has 0 atom stereocenters. The standard InChI is InChI=1S/C24H17Cl2FN2OS/c25-19-10-8-16(9-11-19)15-31-24-18(12-17-4-1-2-7-23(17)29-24)13-28-30-14-20-21(26)5-3-6-22(20)27/h1-13H,14-15H2/b28-13-. The Morgan fingerprint density at radius 3 is 2.61 bits per heavy atom. The molecule has 0 saturated carbocycles. The van der Waals surface area contributed by atoms with Crippen LogP contribution in [0, 0.1) is 5.82 Å². The molecule has 3 nitrogen and oxygen atoms in total. The van der Waals surface area contributed by atoms with Crippen LogP contribution in [0.2, 0.25) is 10.0 Å². The Labute approximate surface area is 193 Å². The molecule has 0 spiro atoms. The molecule has 1 aromatic heterocycles. The first-order valence-corrected chi connectivity index (χ1v) is 11.2. The first kappa shape index (κ1) is 21.6. The second-order valence-corrected chi connectivity index (χ2v) is 8.51. The maximum atomic E-state index is 13.9. The van der Waals surface area contributed by atoms with Gasteiger partial charge in [-0.2, -0.15) is 0 Å². The fourth-order valence-corrected chi connectivity index (χ4v) is 4.20. The van der Waals surface area contributed by atoms with Crippen LogP contribution in [-0.2, 0) is 17.2 Å². The first-order valence-electron chi connectivity index (χ1n) is 9.45. The van der Waals surface area contributed by atoms with E-state index in [1.165, 1.54) is 6.07 Å². The molecule has 0 amide bonds. The van der Waals surface area contributed by atoms with E-state index in [9.17, 15) is 4.39 Å². The van der Waals surface area contributed by atoms with Gasteiger partial charge in [0.2, 0.25) is 0 Å². The second-order valence-electron chi connectivity index (χ2n) is 6.70. The molecule has 4 aromatic rings. The third-order valence-corrected chi connectivity index (χ3v) is 6.23. The van der Waals surface area contributed by atoms with Crippen LogP contribution in [0.4, 0.5) is 4.39 Å². The molecule has 3 aromatic carbocycles. The van der Waals surface area contributed by atoms with Gasteiger partial charge in [-0.15, -0.1) is 11.8 Å². The molecule has 0 aliphatic heterocycles. The number of aromatic nitrogens is 1. The van der Waals surface area contributed by atoms with Crippen molar-refractivity contribution in [1.29, 1.82) is 0 Å². The van der Waals surface area contributed by atoms with E-state index in [2.05, 4.69) is 5.16 Å². The molecular formula is C24H17Cl2FN2OS. The van der Waals surface area contributed by atoms with Crippen molar-refractivity contribution in [2.24, 2.45) is 5.16 Å². The molecule has 4 rings (SSSR count). The summed E-state index contributed by atoms with van der Waals surface area (Å²) in [5, 5.41) is 6.87. The molecular weight excluding hydrogens is 454 g/mol. The van der Waals surface area contributed by atoms with Gasteiger partial charge in [0.05, 0.1) is 16.8 Å². The lowest BCUT2D eigenvalue weighted by molar-refractivity contribution is 0.129. The van der Waals surface area contributed by atoms with Crippen LogP contribution in [0.3, 0.4) is 0 Å². The first-order chi connectivity index (χ1) is 15.1. The predicted octanol–water partition coefficient (Wildman–Crippen LogP) is 7.52. The van der Waals surface area contributed by atoms with Gasteiger partial charge in [-0.3, -0.25) is 0 Å². The summed E-state index contributed by atoms with van der Waals surface area (Å²) in [6, 6.07) is 22.1. The van der Waals surface area contributed by atoms with Crippen LogP contribution < -0.4 is 0 Å². The van der Waals surface area contributed by atoms with Crippen LogP contribution in [0.1, 0.15) is 16.7 Å². The average Bonchev–Trinajstić information content (AvgIpc) is 2.77. The molecule has 0 saturated heterocycles. The minimum absolute atomic E-state index is 0.0593. The van der Waals surface area contributed by atoms with Crippen LogP contribution in [0.15, 0.2) is 83.0 Å². The molecule has 0 N–H and O–H groups in total. The van der Waals surface area contributed by atoms with E-state index < -0.39 is 5.82 Å². The Balaban J connectivity index is 1.54. The zero-order valence-corrected chi connectivity index (χ0v) is 18.6. The van der Waals surface area contributed by atoms with Gasteiger partial charge in [0.1, 0.15) is 17.5 Å². The number of halogens is 3. The Morgan fingerprint density at radius 1 is 1.00 bits per heavy atom. The van der Waals surface area contributed by atoms with Crippen molar-refractivity contribution in [3.05, 3.63) is 105 Å². The third kappa shape index (κ3) is 5.56. The quantitative estimate of drug-likeness (QED) is 0.159. The molecule has 0 fully saturated rings. The number of hydrogen-bond acceptors (Lipinski definition) is 4. The van der Waals surface area contributed by atoms with Crippen molar-refractivity contribution in [2.75, 3.05) is 0 Å². The Hall–Kier alpha value is -2.60. The summed E-state index contributed by atoms with van der Waals surface area (Å²) in [7, 11) is 0. The van der Waals surface area contributed by atoms with Crippen LogP contribution in [-0.4, -0.2) is 11.2 Å². The molecule has 156 valence electrons. The Kier molecular flexibility index (Phi) is 7.07. The lowest BCUT2D eigenvalue weighted by Gasteiger charge is -2.08. The summed E-state index contributed by atoms with van der Waals surface area (Å²) in [6.45, 7) is -0.0593. The summed E-state index contributed by atoms with van der Waals surface area (Å²) < 4.78 is 13.9. The number of rotatable bonds is 7. The summed E-state index contributed by atoms with van der Waals surface area (Å²) in [5.74, 6) is 0.309. The van der Waals surface area contributed by atoms with Gasteiger partial charge in [0.25, 0.3) is 0 Å². The van der Waals surface area contributed by atoms with Crippen LogP contribution >= 0.6 is 35.0 Å². The number of hydrogen-bond donors (Lipinski definition) is 0. The van der Waals surface area contributed by atoms with Crippen LogP contribution in [0.5, 0.6) is 0 Å². The van der Waals surface area contributed by atoms with E-state index in [0.717, 1.165) is 32.8 Å². The van der Waals surface area contributed by atoms with Gasteiger partial charge in [0.15, 0.2) is 0 Å². The van der Waals surface area contributed by atoms with Crippen molar-refractivity contribution >= 4 is 52.1 Å². The van der Waals surface area contributed by atoms with Crippen molar-refractivity contribution in [2.45, 2.75) is 17.4 Å². The number of pyridine rings is 1. The molecule has 0 unspecified atom stereocenters. The van der Waals surface area contributed by atoms with E-state index in [1.807, 2.05) is 54.6 Å². The average molecular weight is 471 g/mol. The summed E-state index contributed by atoms with van der Waals surface area (Å²) >= 11 is 13.6. The summed E-state index contributed by atoms with van der Waals surface area (Å²) in [4.78, 5) is 10.1. The fourth-order valence-electron chi connectivity index (χ4n) is 2.92. The number of benzene rings is 3. The Morgan fingerprint density at radius 2 is 1.81 bits per heavy atom. The molecule has 31 heavy (non-hydrogen) atoms. The van der Waals surface area contributed by atoms with Gasteiger partial charge in [-0.05, 0) is 42.0 Å². The minimum atomic E-state index is -0.422. The maximum absolute atomic E-state index is 13.9. The second kappa shape index (κ2) is 10.1. The minimum Gasteiger partial charge on any atom is -0.391 e. The van der Waals surface area contributed by atoms with Gasteiger partial charge in [0, 0.05) is 27.3 Å². The fraction of sp³-hybridized carbons (Fsp3) is 0.0833. The highest BCUT2D eigenvalue weighted by Gasteiger charge is 2.09. The zero-order chi connectivity index (χ0) is 21.6. The molecule has 0 aliphatic rings. The number of oxime groups is 1. The highest BCUT2D eigenvalue weighted by molar-refractivity contribution is 7.98. The van der Waals surface area contributed by atoms with Crippen LogP contribution in [0.25, 0.3) is 10.9 Å². The van der Waals surface area contributed by atoms with Crippen molar-refractivity contribution < 1.29 is 9.23 Å². The summed E-state index contributed by atoms with van der Waals surface area (Å²) in [6.07, 6.45) is 1.60. The van der Waals surface area contributed by atoms with E-state index in [0.29, 0.717) is 10.0 Å². The highest BCUT2D eigenvalue weighted by Crippen LogP contribution is 2.27.